The summed E-state index contributed by atoms with van der Waals surface area (Å²) in [5.41, 5.74) is 0. The molecular weight excluding hydrogens is 380 g/mol. The van der Waals surface area contributed by atoms with Crippen molar-refractivity contribution in [3.63, 3.8) is 0 Å². The van der Waals surface area contributed by atoms with Crippen LogP contribution in [0.4, 0.5) is 0 Å². The second-order valence-electron chi connectivity index (χ2n) is 7.49. The molecule has 1 unspecified atom stereocenters. The van der Waals surface area contributed by atoms with Gasteiger partial charge in [0.05, 0.1) is 6.54 Å². The lowest BCUT2D eigenvalue weighted by atomic mass is 10.2. The van der Waals surface area contributed by atoms with Crippen LogP contribution in [0.25, 0.3) is 0 Å². The van der Waals surface area contributed by atoms with Gasteiger partial charge in [0, 0.05) is 42.6 Å². The minimum absolute atomic E-state index is 0.430. The zero-order valence-corrected chi connectivity index (χ0v) is 18.5. The average Bonchev–Trinajstić information content (AvgIpc) is 2.96. The van der Waals surface area contributed by atoms with Crippen LogP contribution >= 0.6 is 11.8 Å². The van der Waals surface area contributed by atoms with Crippen molar-refractivity contribution >= 4 is 17.7 Å². The molecule has 0 spiro atoms. The summed E-state index contributed by atoms with van der Waals surface area (Å²) >= 11 is 1.86. The molecule has 2 aromatic rings. The number of aromatic nitrogens is 3. The van der Waals surface area contributed by atoms with Crippen LogP contribution in [-0.2, 0) is 19.4 Å². The number of nitrogens with zero attached hydrogens (tertiary/aromatic N) is 4. The predicted molar refractivity (Wildman–Crippen MR) is 122 cm³/mol. The largest absolute Gasteiger partial charge is 0.357 e. The first kappa shape index (κ1) is 21.7. The Bertz CT molecular complexity index is 758. The van der Waals surface area contributed by atoms with Crippen LogP contribution in [0, 0.1) is 0 Å². The molecule has 158 valence electrons. The lowest BCUT2D eigenvalue weighted by Gasteiger charge is -2.13. The van der Waals surface area contributed by atoms with Gasteiger partial charge in [0.25, 0.3) is 0 Å². The Balaban J connectivity index is 1.43. The van der Waals surface area contributed by atoms with Gasteiger partial charge in [-0.15, -0.1) is 22.0 Å². The fraction of sp³-hybridized carbons (Fsp3) is 0.591. The first-order valence-electron chi connectivity index (χ1n) is 10.9. The van der Waals surface area contributed by atoms with E-state index in [4.69, 9.17) is 4.99 Å². The average molecular weight is 415 g/mol. The second-order valence-corrected chi connectivity index (χ2v) is 9.00. The SMILES string of the molecule is CCNC(=NCC(C)Sc1ccccc1)NCCCc1nnc2n1CCCCC2. The van der Waals surface area contributed by atoms with Crippen LogP contribution in [0.15, 0.2) is 40.2 Å². The van der Waals surface area contributed by atoms with Crippen molar-refractivity contribution in [3.8, 4) is 0 Å². The van der Waals surface area contributed by atoms with E-state index >= 15 is 0 Å². The molecular formula is C22H34N6S. The van der Waals surface area contributed by atoms with Crippen molar-refractivity contribution in [1.82, 2.24) is 25.4 Å². The van der Waals surface area contributed by atoms with E-state index in [-0.39, 0.29) is 0 Å². The number of aliphatic imine (C=N–C) groups is 1. The van der Waals surface area contributed by atoms with Crippen molar-refractivity contribution in [1.29, 1.82) is 0 Å². The molecule has 0 aliphatic carbocycles. The van der Waals surface area contributed by atoms with Gasteiger partial charge in [-0.05, 0) is 38.3 Å². The summed E-state index contributed by atoms with van der Waals surface area (Å²) in [5.74, 6) is 3.21. The van der Waals surface area contributed by atoms with E-state index in [2.05, 4.69) is 69.6 Å². The van der Waals surface area contributed by atoms with Gasteiger partial charge >= 0.3 is 0 Å². The summed E-state index contributed by atoms with van der Waals surface area (Å²) in [4.78, 5) is 6.06. The summed E-state index contributed by atoms with van der Waals surface area (Å²) in [6.45, 7) is 7.93. The maximum Gasteiger partial charge on any atom is 0.191 e. The number of guanidine groups is 1. The van der Waals surface area contributed by atoms with E-state index in [1.165, 1.54) is 30.0 Å². The topological polar surface area (TPSA) is 67.1 Å². The molecule has 0 fully saturated rings. The predicted octanol–water partition coefficient (Wildman–Crippen LogP) is 3.67. The maximum absolute atomic E-state index is 4.77. The Morgan fingerprint density at radius 1 is 1.17 bits per heavy atom. The summed E-state index contributed by atoms with van der Waals surface area (Å²) in [6, 6.07) is 10.5. The monoisotopic (exact) mass is 414 g/mol. The van der Waals surface area contributed by atoms with Gasteiger partial charge < -0.3 is 15.2 Å². The third-order valence-corrected chi connectivity index (χ3v) is 6.08. The number of benzene rings is 1. The number of hydrogen-bond acceptors (Lipinski definition) is 4. The smallest absolute Gasteiger partial charge is 0.191 e. The highest BCUT2D eigenvalue weighted by molar-refractivity contribution is 8.00. The maximum atomic E-state index is 4.77. The molecule has 1 aromatic heterocycles. The minimum atomic E-state index is 0.430. The van der Waals surface area contributed by atoms with Gasteiger partial charge in [0.1, 0.15) is 11.6 Å². The Hall–Kier alpha value is -2.02. The lowest BCUT2D eigenvalue weighted by Crippen LogP contribution is -2.38. The molecule has 0 saturated heterocycles. The molecule has 6 nitrogen and oxygen atoms in total. The fourth-order valence-corrected chi connectivity index (χ4v) is 4.44. The van der Waals surface area contributed by atoms with Gasteiger partial charge in [0.15, 0.2) is 5.96 Å². The van der Waals surface area contributed by atoms with Gasteiger partial charge in [0.2, 0.25) is 0 Å². The molecule has 29 heavy (non-hydrogen) atoms. The van der Waals surface area contributed by atoms with Crippen molar-refractivity contribution in [2.24, 2.45) is 4.99 Å². The van der Waals surface area contributed by atoms with E-state index in [0.717, 1.165) is 57.2 Å². The number of rotatable bonds is 9. The Morgan fingerprint density at radius 2 is 2.03 bits per heavy atom. The molecule has 3 rings (SSSR count). The molecule has 0 saturated carbocycles. The summed E-state index contributed by atoms with van der Waals surface area (Å²) in [7, 11) is 0. The molecule has 2 heterocycles. The molecule has 1 aliphatic heterocycles. The van der Waals surface area contributed by atoms with Crippen molar-refractivity contribution in [3.05, 3.63) is 42.0 Å². The third kappa shape index (κ3) is 7.07. The van der Waals surface area contributed by atoms with E-state index in [1.807, 2.05) is 11.8 Å². The molecule has 0 radical (unpaired) electrons. The summed E-state index contributed by atoms with van der Waals surface area (Å²) in [6.07, 6.45) is 6.84. The standard InChI is InChI=1S/C22H34N6S/c1-3-23-22(25-17-18(2)29-19-11-6-4-7-12-19)24-15-10-14-21-27-26-20-13-8-5-9-16-28(20)21/h4,6-7,11-12,18H,3,5,8-10,13-17H2,1-2H3,(H2,23,24,25). The highest BCUT2D eigenvalue weighted by Crippen LogP contribution is 2.22. The van der Waals surface area contributed by atoms with Crippen LogP contribution in [0.5, 0.6) is 0 Å². The number of nitrogens with one attached hydrogen (secondary N) is 2. The van der Waals surface area contributed by atoms with E-state index < -0.39 is 0 Å². The third-order valence-electron chi connectivity index (χ3n) is 4.99. The first-order chi connectivity index (χ1) is 14.3. The molecule has 0 bridgehead atoms. The fourth-order valence-electron chi connectivity index (χ4n) is 3.51. The molecule has 7 heteroatoms. The summed E-state index contributed by atoms with van der Waals surface area (Å²) in [5, 5.41) is 16.1. The van der Waals surface area contributed by atoms with Crippen LogP contribution in [0.2, 0.25) is 0 Å². The normalized spacial score (nSPS) is 15.4. The highest BCUT2D eigenvalue weighted by Gasteiger charge is 2.14. The zero-order valence-electron chi connectivity index (χ0n) is 17.7. The van der Waals surface area contributed by atoms with Gasteiger partial charge in [-0.2, -0.15) is 0 Å². The van der Waals surface area contributed by atoms with Crippen LogP contribution in [-0.4, -0.2) is 45.6 Å². The Morgan fingerprint density at radius 3 is 2.86 bits per heavy atom. The van der Waals surface area contributed by atoms with Gasteiger partial charge in [-0.1, -0.05) is 31.5 Å². The van der Waals surface area contributed by atoms with Crippen LogP contribution in [0.1, 0.15) is 51.2 Å². The van der Waals surface area contributed by atoms with Crippen molar-refractivity contribution in [2.75, 3.05) is 19.6 Å². The van der Waals surface area contributed by atoms with Crippen molar-refractivity contribution in [2.45, 2.75) is 69.1 Å². The number of aryl methyl sites for hydroxylation is 2. The summed E-state index contributed by atoms with van der Waals surface area (Å²) < 4.78 is 2.34. The van der Waals surface area contributed by atoms with E-state index in [1.54, 1.807) is 0 Å². The van der Waals surface area contributed by atoms with Crippen LogP contribution < -0.4 is 10.6 Å². The van der Waals surface area contributed by atoms with Crippen molar-refractivity contribution < 1.29 is 0 Å². The lowest BCUT2D eigenvalue weighted by molar-refractivity contribution is 0.594. The second kappa shape index (κ2) is 11.9. The minimum Gasteiger partial charge on any atom is -0.357 e. The number of hydrogen-bond donors (Lipinski definition) is 2. The molecule has 2 N–H and O–H groups in total. The molecule has 1 aliphatic rings. The first-order valence-corrected chi connectivity index (χ1v) is 11.8. The van der Waals surface area contributed by atoms with Gasteiger partial charge in [-0.3, -0.25) is 4.99 Å². The van der Waals surface area contributed by atoms with Gasteiger partial charge in [-0.25, -0.2) is 0 Å². The highest BCUT2D eigenvalue weighted by atomic mass is 32.2. The van der Waals surface area contributed by atoms with E-state index in [9.17, 15) is 0 Å². The molecule has 1 atom stereocenters. The zero-order chi connectivity index (χ0) is 20.3. The quantitative estimate of drug-likeness (QED) is 0.284. The molecule has 0 amide bonds. The Labute approximate surface area is 179 Å². The number of fused-ring (bicyclic) bond motifs is 1. The molecule has 1 aromatic carbocycles. The van der Waals surface area contributed by atoms with Crippen LogP contribution in [0.3, 0.4) is 0 Å². The number of thioether (sulfide) groups is 1. The van der Waals surface area contributed by atoms with E-state index in [0.29, 0.717) is 5.25 Å². The Kier molecular flexibility index (Phi) is 8.86.